The van der Waals surface area contributed by atoms with E-state index in [0.717, 1.165) is 23.1 Å². The number of nitrogens with one attached hydrogen (secondary N) is 1. The molecule has 66 valence electrons. The van der Waals surface area contributed by atoms with E-state index in [1.807, 2.05) is 24.3 Å². The summed E-state index contributed by atoms with van der Waals surface area (Å²) in [7, 11) is 0. The van der Waals surface area contributed by atoms with E-state index in [0.29, 0.717) is 6.42 Å². The number of hydrogen-bond donors (Lipinski definition) is 2. The van der Waals surface area contributed by atoms with Crippen molar-refractivity contribution in [2.45, 2.75) is 6.42 Å². The van der Waals surface area contributed by atoms with E-state index in [9.17, 15) is 0 Å². The standard InChI is InChI=1S/C10H10N2O/c13-7-3-6-10-11-8-4-1-2-5-9(8)12-10/h1-5,7,13H,6H2,(H,11,12). The molecule has 2 aromatic rings. The number of H-pyrrole nitrogens is 1. The van der Waals surface area contributed by atoms with Gasteiger partial charge in [0.2, 0.25) is 0 Å². The number of imidazole rings is 1. The molecule has 1 heterocycles. The molecule has 0 aliphatic rings. The molecule has 0 atom stereocenters. The van der Waals surface area contributed by atoms with E-state index in [1.54, 1.807) is 6.08 Å². The SMILES string of the molecule is OC=CCc1nc2ccccc2[nH]1. The third kappa shape index (κ3) is 1.54. The van der Waals surface area contributed by atoms with Gasteiger partial charge in [-0.2, -0.15) is 0 Å². The summed E-state index contributed by atoms with van der Waals surface area (Å²) in [4.78, 5) is 7.49. The predicted molar refractivity (Wildman–Crippen MR) is 51.6 cm³/mol. The number of aliphatic hydroxyl groups is 1. The van der Waals surface area contributed by atoms with Crippen LogP contribution in [0.25, 0.3) is 11.0 Å². The van der Waals surface area contributed by atoms with Gasteiger partial charge in [-0.25, -0.2) is 4.98 Å². The smallest absolute Gasteiger partial charge is 0.111 e. The minimum Gasteiger partial charge on any atom is -0.516 e. The molecule has 0 saturated heterocycles. The van der Waals surface area contributed by atoms with Crippen molar-refractivity contribution < 1.29 is 5.11 Å². The molecule has 0 spiro atoms. The Bertz CT molecular complexity index is 398. The number of benzene rings is 1. The fourth-order valence-electron chi connectivity index (χ4n) is 1.27. The Kier molecular flexibility index (Phi) is 2.00. The first kappa shape index (κ1) is 7.86. The van der Waals surface area contributed by atoms with E-state index in [1.165, 1.54) is 0 Å². The first-order valence-corrected chi connectivity index (χ1v) is 4.13. The fourth-order valence-corrected chi connectivity index (χ4v) is 1.27. The van der Waals surface area contributed by atoms with Gasteiger partial charge in [0.25, 0.3) is 0 Å². The molecule has 0 unspecified atom stereocenters. The normalized spacial score (nSPS) is 11.4. The van der Waals surface area contributed by atoms with Crippen LogP contribution >= 0.6 is 0 Å². The summed E-state index contributed by atoms with van der Waals surface area (Å²) in [6.07, 6.45) is 3.32. The van der Waals surface area contributed by atoms with Gasteiger partial charge in [-0.1, -0.05) is 12.1 Å². The Morgan fingerprint density at radius 2 is 2.23 bits per heavy atom. The Labute approximate surface area is 75.7 Å². The van der Waals surface area contributed by atoms with Gasteiger partial charge >= 0.3 is 0 Å². The van der Waals surface area contributed by atoms with E-state index in [4.69, 9.17) is 5.11 Å². The van der Waals surface area contributed by atoms with Gasteiger partial charge in [-0.15, -0.1) is 0 Å². The van der Waals surface area contributed by atoms with Gasteiger partial charge in [0.15, 0.2) is 0 Å². The summed E-state index contributed by atoms with van der Waals surface area (Å²) < 4.78 is 0. The van der Waals surface area contributed by atoms with E-state index < -0.39 is 0 Å². The average molecular weight is 174 g/mol. The molecular formula is C10H10N2O. The first-order valence-electron chi connectivity index (χ1n) is 4.13. The number of aromatic nitrogens is 2. The number of para-hydroxylation sites is 2. The number of allylic oxidation sites excluding steroid dienone is 1. The maximum atomic E-state index is 8.48. The third-order valence-electron chi connectivity index (χ3n) is 1.86. The molecule has 1 aromatic heterocycles. The summed E-state index contributed by atoms with van der Waals surface area (Å²) in [5.41, 5.74) is 1.99. The molecule has 3 heteroatoms. The lowest BCUT2D eigenvalue weighted by atomic mass is 10.3. The number of rotatable bonds is 2. The molecule has 0 fully saturated rings. The summed E-state index contributed by atoms with van der Waals surface area (Å²) in [5, 5.41) is 8.48. The Balaban J connectivity index is 2.38. The summed E-state index contributed by atoms with van der Waals surface area (Å²) in [6, 6.07) is 7.85. The van der Waals surface area contributed by atoms with E-state index in [2.05, 4.69) is 9.97 Å². The quantitative estimate of drug-likeness (QED) is 0.685. The highest BCUT2D eigenvalue weighted by Crippen LogP contribution is 2.10. The molecule has 0 aliphatic heterocycles. The highest BCUT2D eigenvalue weighted by molar-refractivity contribution is 5.74. The van der Waals surface area contributed by atoms with Crippen LogP contribution in [0.15, 0.2) is 36.6 Å². The van der Waals surface area contributed by atoms with Crippen LogP contribution in [0.5, 0.6) is 0 Å². The van der Waals surface area contributed by atoms with Gasteiger partial charge in [0, 0.05) is 6.42 Å². The van der Waals surface area contributed by atoms with Crippen molar-refractivity contribution >= 4 is 11.0 Å². The zero-order chi connectivity index (χ0) is 9.10. The number of nitrogens with zero attached hydrogens (tertiary/aromatic N) is 1. The lowest BCUT2D eigenvalue weighted by Crippen LogP contribution is -1.82. The molecular weight excluding hydrogens is 164 g/mol. The van der Waals surface area contributed by atoms with Crippen molar-refractivity contribution in [2.24, 2.45) is 0 Å². The van der Waals surface area contributed by atoms with Crippen molar-refractivity contribution in [1.29, 1.82) is 0 Å². The van der Waals surface area contributed by atoms with Gasteiger partial charge in [0.1, 0.15) is 5.82 Å². The first-order chi connectivity index (χ1) is 6.40. The molecule has 0 aliphatic carbocycles. The molecule has 0 bridgehead atoms. The molecule has 3 nitrogen and oxygen atoms in total. The zero-order valence-electron chi connectivity index (χ0n) is 7.07. The molecule has 2 N–H and O–H groups in total. The maximum Gasteiger partial charge on any atom is 0.111 e. The average Bonchev–Trinajstić information content (AvgIpc) is 2.57. The van der Waals surface area contributed by atoms with Crippen molar-refractivity contribution in [2.75, 3.05) is 0 Å². The van der Waals surface area contributed by atoms with Gasteiger partial charge in [-0.3, -0.25) is 0 Å². The van der Waals surface area contributed by atoms with Gasteiger partial charge < -0.3 is 10.1 Å². The fraction of sp³-hybridized carbons (Fsp3) is 0.100. The lowest BCUT2D eigenvalue weighted by Gasteiger charge is -1.84. The highest BCUT2D eigenvalue weighted by Gasteiger charge is 1.98. The van der Waals surface area contributed by atoms with Crippen LogP contribution in [0.3, 0.4) is 0 Å². The molecule has 0 radical (unpaired) electrons. The minimum atomic E-state index is 0.630. The number of fused-ring (bicyclic) bond motifs is 1. The summed E-state index contributed by atoms with van der Waals surface area (Å²) in [5.74, 6) is 0.867. The van der Waals surface area contributed by atoms with Crippen molar-refractivity contribution in [3.8, 4) is 0 Å². The highest BCUT2D eigenvalue weighted by atomic mass is 16.2. The second-order valence-corrected chi connectivity index (χ2v) is 2.79. The van der Waals surface area contributed by atoms with E-state index in [-0.39, 0.29) is 0 Å². The Morgan fingerprint density at radius 1 is 1.38 bits per heavy atom. The van der Waals surface area contributed by atoms with Gasteiger partial charge in [0.05, 0.1) is 17.3 Å². The second-order valence-electron chi connectivity index (χ2n) is 2.79. The van der Waals surface area contributed by atoms with Crippen LogP contribution in [-0.2, 0) is 6.42 Å². The third-order valence-corrected chi connectivity index (χ3v) is 1.86. The summed E-state index contributed by atoms with van der Waals surface area (Å²) in [6.45, 7) is 0. The molecule has 1 aromatic carbocycles. The van der Waals surface area contributed by atoms with Crippen LogP contribution in [0.4, 0.5) is 0 Å². The number of aliphatic hydroxyl groups excluding tert-OH is 1. The van der Waals surface area contributed by atoms with Crippen molar-refractivity contribution in [3.63, 3.8) is 0 Å². The van der Waals surface area contributed by atoms with Crippen LogP contribution in [0.1, 0.15) is 5.82 Å². The van der Waals surface area contributed by atoms with Crippen molar-refractivity contribution in [3.05, 3.63) is 42.4 Å². The number of hydrogen-bond acceptors (Lipinski definition) is 2. The number of aromatic amines is 1. The van der Waals surface area contributed by atoms with E-state index >= 15 is 0 Å². The molecule has 0 saturated carbocycles. The second kappa shape index (κ2) is 3.31. The summed E-state index contributed by atoms with van der Waals surface area (Å²) >= 11 is 0. The molecule has 2 rings (SSSR count). The van der Waals surface area contributed by atoms with Crippen molar-refractivity contribution in [1.82, 2.24) is 9.97 Å². The monoisotopic (exact) mass is 174 g/mol. The van der Waals surface area contributed by atoms with Crippen LogP contribution in [-0.4, -0.2) is 15.1 Å². The molecule has 0 amide bonds. The Morgan fingerprint density at radius 3 is 3.00 bits per heavy atom. The van der Waals surface area contributed by atoms with Crippen LogP contribution in [0.2, 0.25) is 0 Å². The minimum absolute atomic E-state index is 0.630. The largest absolute Gasteiger partial charge is 0.516 e. The van der Waals surface area contributed by atoms with Crippen LogP contribution in [0, 0.1) is 0 Å². The predicted octanol–water partition coefficient (Wildman–Crippen LogP) is 2.18. The van der Waals surface area contributed by atoms with Crippen LogP contribution < -0.4 is 0 Å². The molecule has 13 heavy (non-hydrogen) atoms. The zero-order valence-corrected chi connectivity index (χ0v) is 7.07. The topological polar surface area (TPSA) is 48.9 Å². The Hall–Kier alpha value is -1.77. The lowest BCUT2D eigenvalue weighted by molar-refractivity contribution is 0.471. The maximum absolute atomic E-state index is 8.48. The van der Waals surface area contributed by atoms with Gasteiger partial charge in [-0.05, 0) is 18.2 Å².